The van der Waals surface area contributed by atoms with Crippen LogP contribution in [-0.2, 0) is 28.6 Å². The molecular weight excluding hydrogens is 440 g/mol. The van der Waals surface area contributed by atoms with Gasteiger partial charge in [-0.25, -0.2) is 9.59 Å². The number of carbonyl (C=O) groups is 3. The summed E-state index contributed by atoms with van der Waals surface area (Å²) in [7, 11) is 2.10. The van der Waals surface area contributed by atoms with Gasteiger partial charge in [0, 0.05) is 30.5 Å². The Balaban J connectivity index is 2.45. The van der Waals surface area contributed by atoms with E-state index in [-0.39, 0.29) is 35.3 Å². The van der Waals surface area contributed by atoms with E-state index in [4.69, 9.17) is 14.2 Å². The van der Waals surface area contributed by atoms with Crippen molar-refractivity contribution in [3.05, 3.63) is 60.9 Å². The molecule has 0 N–H and O–H groups in total. The minimum absolute atomic E-state index is 0.0487. The molecule has 1 aromatic rings. The zero-order valence-corrected chi connectivity index (χ0v) is 18.2. The van der Waals surface area contributed by atoms with Crippen molar-refractivity contribution < 1.29 is 38.4 Å². The largest absolute Gasteiger partial charge is 0.477 e. The van der Waals surface area contributed by atoms with Gasteiger partial charge in [-0.05, 0) is 11.0 Å². The predicted octanol–water partition coefficient (Wildman–Crippen LogP) is 2.64. The van der Waals surface area contributed by atoms with Crippen LogP contribution in [0.4, 0.5) is 11.4 Å². The predicted molar refractivity (Wildman–Crippen MR) is 111 cm³/mol. The number of hydrogen-bond acceptors (Lipinski definition) is 10. The Kier molecular flexibility index (Phi) is 6.03. The van der Waals surface area contributed by atoms with E-state index in [0.29, 0.717) is 0 Å². The zero-order chi connectivity index (χ0) is 24.7. The SMILES string of the molecule is COC(=O)C1=C(c2cc([N+](=O)[O-])cc([N+](=O)[O-])c2)C2=C(CC(C)(C)CC2=O)OC1C(=O)OC. The van der Waals surface area contributed by atoms with Gasteiger partial charge >= 0.3 is 11.9 Å². The molecule has 1 heterocycles. The van der Waals surface area contributed by atoms with Gasteiger partial charge in [-0.3, -0.25) is 25.0 Å². The van der Waals surface area contributed by atoms with Crippen LogP contribution in [0.2, 0.25) is 0 Å². The van der Waals surface area contributed by atoms with Gasteiger partial charge in [0.2, 0.25) is 6.10 Å². The fraction of sp³-hybridized carbons (Fsp3) is 0.381. The minimum atomic E-state index is -1.64. The smallest absolute Gasteiger partial charge is 0.352 e. The molecule has 0 saturated heterocycles. The highest BCUT2D eigenvalue weighted by atomic mass is 16.6. The molecule has 1 aliphatic heterocycles. The first-order valence-electron chi connectivity index (χ1n) is 9.68. The average molecular weight is 460 g/mol. The highest BCUT2D eigenvalue weighted by Crippen LogP contribution is 2.47. The average Bonchev–Trinajstić information content (AvgIpc) is 2.75. The van der Waals surface area contributed by atoms with Gasteiger partial charge in [0.25, 0.3) is 11.4 Å². The molecule has 0 amide bonds. The normalized spacial score (nSPS) is 19.4. The number of esters is 2. The van der Waals surface area contributed by atoms with E-state index in [2.05, 4.69) is 0 Å². The molecule has 1 aromatic carbocycles. The quantitative estimate of drug-likeness (QED) is 0.362. The van der Waals surface area contributed by atoms with Gasteiger partial charge in [-0.2, -0.15) is 0 Å². The highest BCUT2D eigenvalue weighted by molar-refractivity contribution is 6.19. The van der Waals surface area contributed by atoms with Crippen molar-refractivity contribution in [2.24, 2.45) is 5.41 Å². The van der Waals surface area contributed by atoms with Gasteiger partial charge < -0.3 is 14.2 Å². The van der Waals surface area contributed by atoms with Crippen molar-refractivity contribution in [1.82, 2.24) is 0 Å². The second-order valence-electron chi connectivity index (χ2n) is 8.29. The topological polar surface area (TPSA) is 165 Å². The molecule has 174 valence electrons. The van der Waals surface area contributed by atoms with E-state index >= 15 is 0 Å². The van der Waals surface area contributed by atoms with Crippen LogP contribution in [-0.4, -0.2) is 47.9 Å². The summed E-state index contributed by atoms with van der Waals surface area (Å²) in [6, 6.07) is 2.73. The third kappa shape index (κ3) is 4.31. The number of benzene rings is 1. The summed E-state index contributed by atoms with van der Waals surface area (Å²) in [5.74, 6) is -2.40. The Hall–Kier alpha value is -4.09. The lowest BCUT2D eigenvalue weighted by molar-refractivity contribution is -0.394. The lowest BCUT2D eigenvalue weighted by atomic mass is 9.72. The number of nitro benzene ring substituents is 2. The number of methoxy groups -OCH3 is 2. The van der Waals surface area contributed by atoms with Crippen LogP contribution in [0.5, 0.6) is 0 Å². The molecule has 33 heavy (non-hydrogen) atoms. The van der Waals surface area contributed by atoms with Gasteiger partial charge in [-0.1, -0.05) is 13.8 Å². The molecule has 0 saturated carbocycles. The number of ketones is 1. The van der Waals surface area contributed by atoms with Crippen LogP contribution < -0.4 is 0 Å². The molecule has 0 radical (unpaired) electrons. The van der Waals surface area contributed by atoms with Crippen molar-refractivity contribution in [3.63, 3.8) is 0 Å². The van der Waals surface area contributed by atoms with Crippen LogP contribution in [0.1, 0.15) is 32.3 Å². The Bertz CT molecular complexity index is 1130. The number of nitrogens with zero attached hydrogens (tertiary/aromatic N) is 2. The summed E-state index contributed by atoms with van der Waals surface area (Å²) >= 11 is 0. The first kappa shape index (κ1) is 23.6. The first-order chi connectivity index (χ1) is 15.4. The second-order valence-corrected chi connectivity index (χ2v) is 8.29. The van der Waals surface area contributed by atoms with Crippen LogP contribution in [0.3, 0.4) is 0 Å². The number of carbonyl (C=O) groups excluding carboxylic acids is 3. The molecule has 0 aromatic heterocycles. The van der Waals surface area contributed by atoms with Crippen LogP contribution in [0.25, 0.3) is 5.57 Å². The van der Waals surface area contributed by atoms with Gasteiger partial charge in [0.05, 0.1) is 41.3 Å². The Labute approximate surface area is 187 Å². The number of hydrogen-bond donors (Lipinski definition) is 0. The lowest BCUT2D eigenvalue weighted by Crippen LogP contribution is -2.39. The molecule has 1 atom stereocenters. The molecule has 3 rings (SSSR count). The van der Waals surface area contributed by atoms with Crippen molar-refractivity contribution in [3.8, 4) is 0 Å². The third-order valence-corrected chi connectivity index (χ3v) is 5.31. The lowest BCUT2D eigenvalue weighted by Gasteiger charge is -2.37. The van der Waals surface area contributed by atoms with Crippen molar-refractivity contribution in [2.75, 3.05) is 14.2 Å². The molecule has 1 unspecified atom stereocenters. The van der Waals surface area contributed by atoms with E-state index < -0.39 is 56.0 Å². The maximum atomic E-state index is 13.2. The second kappa shape index (κ2) is 8.45. The molecular formula is C21H20N2O10. The Morgan fingerprint density at radius 3 is 2.06 bits per heavy atom. The molecule has 1 aliphatic carbocycles. The molecule has 0 bridgehead atoms. The summed E-state index contributed by atoms with van der Waals surface area (Å²) in [4.78, 5) is 59.6. The summed E-state index contributed by atoms with van der Waals surface area (Å²) in [5, 5.41) is 22.9. The Morgan fingerprint density at radius 1 is 1.00 bits per heavy atom. The van der Waals surface area contributed by atoms with Crippen LogP contribution in [0.15, 0.2) is 35.1 Å². The third-order valence-electron chi connectivity index (χ3n) is 5.31. The van der Waals surface area contributed by atoms with Crippen molar-refractivity contribution in [2.45, 2.75) is 32.8 Å². The number of non-ortho nitro benzene ring substituents is 2. The summed E-state index contributed by atoms with van der Waals surface area (Å²) < 4.78 is 15.3. The monoisotopic (exact) mass is 460 g/mol. The summed E-state index contributed by atoms with van der Waals surface area (Å²) in [6.45, 7) is 3.62. The standard InChI is InChI=1S/C21H20N2O10/c1-21(2)8-13(24)16-14(9-21)33-18(20(26)32-4)17(19(25)31-3)15(16)10-5-11(22(27)28)7-12(6-10)23(29)30/h5-7,18H,8-9H2,1-4H3. The minimum Gasteiger partial charge on any atom is -0.477 e. The number of nitro groups is 2. The maximum absolute atomic E-state index is 13.2. The fourth-order valence-corrected chi connectivity index (χ4v) is 3.95. The molecule has 12 heteroatoms. The van der Waals surface area contributed by atoms with E-state index in [1.807, 2.05) is 13.8 Å². The van der Waals surface area contributed by atoms with Gasteiger partial charge in [0.1, 0.15) is 5.76 Å². The molecule has 2 aliphatic rings. The molecule has 12 nitrogen and oxygen atoms in total. The van der Waals surface area contributed by atoms with Gasteiger partial charge in [0.15, 0.2) is 5.78 Å². The first-order valence-corrected chi connectivity index (χ1v) is 9.68. The van der Waals surface area contributed by atoms with E-state index in [1.54, 1.807) is 0 Å². The van der Waals surface area contributed by atoms with E-state index in [1.165, 1.54) is 0 Å². The highest BCUT2D eigenvalue weighted by Gasteiger charge is 2.46. The van der Waals surface area contributed by atoms with Crippen LogP contribution >= 0.6 is 0 Å². The maximum Gasteiger partial charge on any atom is 0.352 e. The van der Waals surface area contributed by atoms with E-state index in [9.17, 15) is 34.6 Å². The number of ether oxygens (including phenoxy) is 3. The fourth-order valence-electron chi connectivity index (χ4n) is 3.95. The Morgan fingerprint density at radius 2 is 1.58 bits per heavy atom. The summed E-state index contributed by atoms with van der Waals surface area (Å²) in [5.41, 5.74) is -2.69. The number of Topliss-reactive ketones (excluding diaryl/α,β-unsaturated/α-hetero) is 1. The van der Waals surface area contributed by atoms with Crippen molar-refractivity contribution >= 4 is 34.7 Å². The zero-order valence-electron chi connectivity index (χ0n) is 18.2. The summed E-state index contributed by atoms with van der Waals surface area (Å²) in [6.07, 6.45) is -1.39. The van der Waals surface area contributed by atoms with Gasteiger partial charge in [-0.15, -0.1) is 0 Å². The number of allylic oxidation sites excluding steroid dienone is 3. The molecule has 0 spiro atoms. The molecule has 0 fully saturated rings. The van der Waals surface area contributed by atoms with Crippen molar-refractivity contribution in [1.29, 1.82) is 0 Å². The van der Waals surface area contributed by atoms with E-state index in [0.717, 1.165) is 32.4 Å². The number of rotatable bonds is 5. The van der Waals surface area contributed by atoms with Crippen LogP contribution in [0, 0.1) is 25.6 Å².